The first kappa shape index (κ1) is 14.6. The van der Waals surface area contributed by atoms with Crippen LogP contribution in [0.15, 0.2) is 46.6 Å². The van der Waals surface area contributed by atoms with Gasteiger partial charge in [0.25, 0.3) is 5.56 Å². The Labute approximate surface area is 138 Å². The van der Waals surface area contributed by atoms with Crippen LogP contribution in [0.5, 0.6) is 0 Å². The lowest BCUT2D eigenvalue weighted by molar-refractivity contribution is 0.200. The molecule has 5 heteroatoms. The number of piperidine rings is 1. The molecule has 4 nitrogen and oxygen atoms in total. The van der Waals surface area contributed by atoms with Gasteiger partial charge in [-0.25, -0.2) is 4.98 Å². The van der Waals surface area contributed by atoms with E-state index in [1.807, 2.05) is 11.4 Å². The van der Waals surface area contributed by atoms with E-state index in [0.29, 0.717) is 5.92 Å². The smallest absolute Gasteiger partial charge is 0.268 e. The number of aromatic nitrogens is 2. The van der Waals surface area contributed by atoms with Crippen molar-refractivity contribution in [2.24, 2.45) is 0 Å². The van der Waals surface area contributed by atoms with E-state index in [1.54, 1.807) is 0 Å². The second-order valence-corrected chi connectivity index (χ2v) is 7.02. The monoisotopic (exact) mass is 325 g/mol. The summed E-state index contributed by atoms with van der Waals surface area (Å²) in [6, 6.07) is 12.7. The van der Waals surface area contributed by atoms with Gasteiger partial charge in [-0.1, -0.05) is 30.3 Å². The summed E-state index contributed by atoms with van der Waals surface area (Å²) < 4.78 is 0.719. The van der Waals surface area contributed by atoms with Crippen molar-refractivity contribution in [1.82, 2.24) is 14.9 Å². The highest BCUT2D eigenvalue weighted by Crippen LogP contribution is 2.28. The van der Waals surface area contributed by atoms with Gasteiger partial charge < -0.3 is 4.98 Å². The minimum absolute atomic E-state index is 0.0147. The first-order valence-corrected chi connectivity index (χ1v) is 8.91. The van der Waals surface area contributed by atoms with Crippen molar-refractivity contribution in [2.75, 3.05) is 13.1 Å². The summed E-state index contributed by atoms with van der Waals surface area (Å²) >= 11 is 1.45. The van der Waals surface area contributed by atoms with E-state index in [0.717, 1.165) is 48.5 Å². The highest BCUT2D eigenvalue weighted by atomic mass is 32.1. The Morgan fingerprint density at radius 2 is 1.96 bits per heavy atom. The van der Waals surface area contributed by atoms with Gasteiger partial charge in [-0.05, 0) is 48.9 Å². The second-order valence-electron chi connectivity index (χ2n) is 6.11. The second kappa shape index (κ2) is 6.26. The van der Waals surface area contributed by atoms with Crippen LogP contribution >= 0.6 is 11.3 Å². The molecule has 0 atom stereocenters. The summed E-state index contributed by atoms with van der Waals surface area (Å²) in [6.45, 7) is 2.82. The molecule has 0 bridgehead atoms. The van der Waals surface area contributed by atoms with Crippen molar-refractivity contribution in [3.63, 3.8) is 0 Å². The molecule has 0 unspecified atom stereocenters. The molecule has 0 saturated carbocycles. The van der Waals surface area contributed by atoms with E-state index < -0.39 is 0 Å². The van der Waals surface area contributed by atoms with Crippen LogP contribution in [0.1, 0.15) is 30.1 Å². The first-order chi connectivity index (χ1) is 11.3. The van der Waals surface area contributed by atoms with E-state index in [1.165, 1.54) is 16.9 Å². The number of H-pyrrole nitrogens is 1. The molecule has 1 saturated heterocycles. The van der Waals surface area contributed by atoms with Gasteiger partial charge in [0.2, 0.25) is 0 Å². The predicted molar refractivity (Wildman–Crippen MR) is 93.9 cm³/mol. The number of fused-ring (bicyclic) bond motifs is 1. The molecule has 3 heterocycles. The fraction of sp³-hybridized carbons (Fsp3) is 0.333. The molecule has 1 aromatic carbocycles. The Morgan fingerprint density at radius 1 is 1.17 bits per heavy atom. The van der Waals surface area contributed by atoms with Crippen molar-refractivity contribution in [3.05, 3.63) is 63.5 Å². The third-order valence-electron chi connectivity index (χ3n) is 4.60. The number of nitrogens with one attached hydrogen (secondary N) is 1. The van der Waals surface area contributed by atoms with E-state index in [9.17, 15) is 4.79 Å². The molecule has 1 aliphatic heterocycles. The Kier molecular flexibility index (Phi) is 3.97. The van der Waals surface area contributed by atoms with E-state index >= 15 is 0 Å². The molecule has 0 radical (unpaired) electrons. The van der Waals surface area contributed by atoms with Gasteiger partial charge in [0.1, 0.15) is 10.5 Å². The Morgan fingerprint density at radius 3 is 2.74 bits per heavy atom. The Balaban J connectivity index is 1.43. The van der Waals surface area contributed by atoms with Crippen LogP contribution in [0.4, 0.5) is 0 Å². The summed E-state index contributed by atoms with van der Waals surface area (Å²) in [6.07, 6.45) is 2.32. The molecule has 1 aliphatic rings. The number of likely N-dealkylation sites (tertiary alicyclic amines) is 1. The van der Waals surface area contributed by atoms with Crippen molar-refractivity contribution in [1.29, 1.82) is 0 Å². The van der Waals surface area contributed by atoms with Crippen LogP contribution in [-0.4, -0.2) is 28.0 Å². The molecular formula is C18H19N3OS. The molecule has 1 fully saturated rings. The topological polar surface area (TPSA) is 49.0 Å². The lowest BCUT2D eigenvalue weighted by atomic mass is 9.89. The number of rotatable bonds is 3. The van der Waals surface area contributed by atoms with Gasteiger partial charge in [-0.3, -0.25) is 9.69 Å². The lowest BCUT2D eigenvalue weighted by Crippen LogP contribution is -2.33. The SMILES string of the molecule is O=c1[nH]c(CN2CCC(c3ccccc3)CC2)nc2ccsc12. The van der Waals surface area contributed by atoms with Gasteiger partial charge >= 0.3 is 0 Å². The normalized spacial score (nSPS) is 16.9. The summed E-state index contributed by atoms with van der Waals surface area (Å²) in [7, 11) is 0. The Bertz CT molecular complexity index is 847. The average Bonchev–Trinajstić information content (AvgIpc) is 3.05. The molecule has 23 heavy (non-hydrogen) atoms. The van der Waals surface area contributed by atoms with Crippen molar-refractivity contribution in [2.45, 2.75) is 25.3 Å². The van der Waals surface area contributed by atoms with Crippen LogP contribution in [-0.2, 0) is 6.54 Å². The molecule has 0 spiro atoms. The van der Waals surface area contributed by atoms with Crippen LogP contribution < -0.4 is 5.56 Å². The van der Waals surface area contributed by atoms with E-state index in [-0.39, 0.29) is 5.56 Å². The summed E-state index contributed by atoms with van der Waals surface area (Å²) in [4.78, 5) is 21.9. The maximum Gasteiger partial charge on any atom is 0.268 e. The average molecular weight is 325 g/mol. The van der Waals surface area contributed by atoms with Crippen molar-refractivity contribution >= 4 is 21.6 Å². The zero-order valence-corrected chi connectivity index (χ0v) is 13.7. The summed E-state index contributed by atoms with van der Waals surface area (Å²) in [5.74, 6) is 1.43. The number of hydrogen-bond donors (Lipinski definition) is 1. The summed E-state index contributed by atoms with van der Waals surface area (Å²) in [5, 5.41) is 1.92. The molecule has 3 aromatic rings. The standard InChI is InChI=1S/C18H19N3OS/c22-18-17-15(8-11-23-17)19-16(20-18)12-21-9-6-14(7-10-21)13-4-2-1-3-5-13/h1-5,8,11,14H,6-7,9-10,12H2,(H,19,20,22). The minimum Gasteiger partial charge on any atom is -0.308 e. The first-order valence-electron chi connectivity index (χ1n) is 8.03. The largest absolute Gasteiger partial charge is 0.308 e. The minimum atomic E-state index is -0.0147. The number of aromatic amines is 1. The van der Waals surface area contributed by atoms with Crippen LogP contribution in [0.3, 0.4) is 0 Å². The van der Waals surface area contributed by atoms with Gasteiger partial charge in [-0.15, -0.1) is 11.3 Å². The Hall–Kier alpha value is -1.98. The molecule has 118 valence electrons. The van der Waals surface area contributed by atoms with Gasteiger partial charge in [0.05, 0.1) is 12.1 Å². The number of benzene rings is 1. The highest BCUT2D eigenvalue weighted by molar-refractivity contribution is 7.17. The van der Waals surface area contributed by atoms with Crippen molar-refractivity contribution < 1.29 is 0 Å². The fourth-order valence-electron chi connectivity index (χ4n) is 3.36. The van der Waals surface area contributed by atoms with Gasteiger partial charge in [-0.2, -0.15) is 0 Å². The zero-order chi connectivity index (χ0) is 15.6. The fourth-order valence-corrected chi connectivity index (χ4v) is 4.08. The zero-order valence-electron chi connectivity index (χ0n) is 12.9. The van der Waals surface area contributed by atoms with Crippen molar-refractivity contribution in [3.8, 4) is 0 Å². The maximum atomic E-state index is 12.0. The number of thiophene rings is 1. The summed E-state index contributed by atoms with van der Waals surface area (Å²) in [5.41, 5.74) is 2.24. The number of nitrogens with zero attached hydrogens (tertiary/aromatic N) is 2. The maximum absolute atomic E-state index is 12.0. The third kappa shape index (κ3) is 3.07. The molecule has 0 aliphatic carbocycles. The van der Waals surface area contributed by atoms with Crippen LogP contribution in [0, 0.1) is 0 Å². The quantitative estimate of drug-likeness (QED) is 0.803. The molecule has 4 rings (SSSR count). The van der Waals surface area contributed by atoms with Crippen LogP contribution in [0.2, 0.25) is 0 Å². The molecular weight excluding hydrogens is 306 g/mol. The van der Waals surface area contributed by atoms with E-state index in [4.69, 9.17) is 0 Å². The highest BCUT2D eigenvalue weighted by Gasteiger charge is 2.21. The van der Waals surface area contributed by atoms with Gasteiger partial charge in [0.15, 0.2) is 0 Å². The predicted octanol–water partition coefficient (Wildman–Crippen LogP) is 3.36. The lowest BCUT2D eigenvalue weighted by Gasteiger charge is -2.31. The molecule has 1 N–H and O–H groups in total. The van der Waals surface area contributed by atoms with Gasteiger partial charge in [0, 0.05) is 0 Å². The van der Waals surface area contributed by atoms with E-state index in [2.05, 4.69) is 45.2 Å². The van der Waals surface area contributed by atoms with Crippen LogP contribution in [0.25, 0.3) is 10.2 Å². The number of hydrogen-bond acceptors (Lipinski definition) is 4. The third-order valence-corrected chi connectivity index (χ3v) is 5.50. The molecule has 2 aromatic heterocycles. The molecule has 0 amide bonds.